The zero-order chi connectivity index (χ0) is 13.9. The first-order valence-corrected chi connectivity index (χ1v) is 8.07. The summed E-state index contributed by atoms with van der Waals surface area (Å²) in [7, 11) is 0.766. The van der Waals surface area contributed by atoms with Crippen molar-refractivity contribution in [1.82, 2.24) is 19.2 Å². The van der Waals surface area contributed by atoms with Crippen molar-refractivity contribution in [2.75, 3.05) is 33.7 Å². The van der Waals surface area contributed by atoms with Gasteiger partial charge in [0.25, 0.3) is 10.0 Å². The summed E-state index contributed by atoms with van der Waals surface area (Å²) in [6, 6.07) is 0. The summed E-state index contributed by atoms with van der Waals surface area (Å²) in [5, 5.41) is 0.194. The molecule has 0 aliphatic carbocycles. The van der Waals surface area contributed by atoms with Crippen molar-refractivity contribution >= 4 is 10.0 Å². The fourth-order valence-corrected chi connectivity index (χ4v) is 3.77. The molecule has 0 amide bonds. The summed E-state index contributed by atoms with van der Waals surface area (Å²) in [4.78, 5) is 8.63. The van der Waals surface area contributed by atoms with E-state index < -0.39 is 10.0 Å². The third-order valence-electron chi connectivity index (χ3n) is 3.65. The molecule has 1 aromatic rings. The predicted octanol–water partition coefficient (Wildman–Crippen LogP) is 0.762. The van der Waals surface area contributed by atoms with Crippen molar-refractivity contribution in [1.29, 1.82) is 0 Å². The lowest BCUT2D eigenvalue weighted by atomic mass is 9.94. The Balaban J connectivity index is 1.90. The van der Waals surface area contributed by atoms with Gasteiger partial charge >= 0.3 is 0 Å². The Bertz CT molecular complexity index is 476. The summed E-state index contributed by atoms with van der Waals surface area (Å²) in [5.74, 6) is 0.635. The third-order valence-corrected chi connectivity index (χ3v) is 5.47. The lowest BCUT2D eigenvalue weighted by molar-refractivity contribution is 0.243. The van der Waals surface area contributed by atoms with Gasteiger partial charge in [-0.25, -0.2) is 13.4 Å². The van der Waals surface area contributed by atoms with Gasteiger partial charge in [0.1, 0.15) is 0 Å². The predicted molar refractivity (Wildman–Crippen MR) is 73.2 cm³/mol. The number of aromatic nitrogens is 2. The Hall–Kier alpha value is -0.920. The van der Waals surface area contributed by atoms with Crippen molar-refractivity contribution in [3.05, 3.63) is 12.5 Å². The van der Waals surface area contributed by atoms with Crippen LogP contribution in [0, 0.1) is 5.92 Å². The molecule has 1 fully saturated rings. The van der Waals surface area contributed by atoms with E-state index in [1.807, 2.05) is 0 Å². The van der Waals surface area contributed by atoms with E-state index in [1.54, 1.807) is 4.31 Å². The molecule has 19 heavy (non-hydrogen) atoms. The number of imidazole rings is 1. The number of H-pyrrole nitrogens is 1. The van der Waals surface area contributed by atoms with Gasteiger partial charge in [-0.15, -0.1) is 0 Å². The number of rotatable bonds is 5. The molecular weight excluding hydrogens is 264 g/mol. The highest BCUT2D eigenvalue weighted by atomic mass is 32.2. The van der Waals surface area contributed by atoms with Crippen LogP contribution in [-0.4, -0.2) is 61.3 Å². The van der Waals surface area contributed by atoms with E-state index in [1.165, 1.54) is 12.5 Å². The number of piperidine rings is 1. The largest absolute Gasteiger partial charge is 0.335 e. The van der Waals surface area contributed by atoms with Crippen LogP contribution in [0.5, 0.6) is 0 Å². The lowest BCUT2D eigenvalue weighted by Crippen LogP contribution is -2.39. The molecular formula is C12H22N4O2S. The van der Waals surface area contributed by atoms with Gasteiger partial charge in [-0.3, -0.25) is 0 Å². The standard InChI is InChI=1S/C12H22N4O2S/c1-15(2)6-3-11-4-7-16(8-5-11)19(17,18)12-9-13-10-14-12/h9-11H,3-8H2,1-2H3,(H,13,14). The quantitative estimate of drug-likeness (QED) is 0.868. The second kappa shape index (κ2) is 6.02. The van der Waals surface area contributed by atoms with Crippen LogP contribution in [0.1, 0.15) is 19.3 Å². The maximum Gasteiger partial charge on any atom is 0.260 e. The molecule has 0 spiro atoms. The van der Waals surface area contributed by atoms with Gasteiger partial charge in [0, 0.05) is 13.1 Å². The van der Waals surface area contributed by atoms with Crippen LogP contribution >= 0.6 is 0 Å². The number of aromatic amines is 1. The Morgan fingerprint density at radius 2 is 2.11 bits per heavy atom. The number of sulfonamides is 1. The van der Waals surface area contributed by atoms with E-state index in [0.717, 1.165) is 25.8 Å². The van der Waals surface area contributed by atoms with Crippen molar-refractivity contribution in [3.8, 4) is 0 Å². The van der Waals surface area contributed by atoms with Crippen LogP contribution < -0.4 is 0 Å². The monoisotopic (exact) mass is 286 g/mol. The van der Waals surface area contributed by atoms with Gasteiger partial charge < -0.3 is 9.88 Å². The minimum absolute atomic E-state index is 0.194. The number of nitrogens with zero attached hydrogens (tertiary/aromatic N) is 3. The van der Waals surface area contributed by atoms with E-state index in [9.17, 15) is 8.42 Å². The van der Waals surface area contributed by atoms with Crippen LogP contribution in [0.3, 0.4) is 0 Å². The van der Waals surface area contributed by atoms with Gasteiger partial charge in [-0.05, 0) is 45.8 Å². The first kappa shape index (κ1) is 14.5. The van der Waals surface area contributed by atoms with E-state index >= 15 is 0 Å². The molecule has 2 rings (SSSR count). The van der Waals surface area contributed by atoms with E-state index in [-0.39, 0.29) is 5.03 Å². The molecule has 108 valence electrons. The fraction of sp³-hybridized carbons (Fsp3) is 0.750. The molecule has 0 saturated carbocycles. The highest BCUT2D eigenvalue weighted by Gasteiger charge is 2.30. The zero-order valence-corrected chi connectivity index (χ0v) is 12.4. The fourth-order valence-electron chi connectivity index (χ4n) is 2.40. The van der Waals surface area contributed by atoms with E-state index in [0.29, 0.717) is 19.0 Å². The summed E-state index contributed by atoms with van der Waals surface area (Å²) in [5.41, 5.74) is 0. The van der Waals surface area contributed by atoms with Crippen LogP contribution in [-0.2, 0) is 10.0 Å². The van der Waals surface area contributed by atoms with E-state index in [2.05, 4.69) is 29.0 Å². The summed E-state index contributed by atoms with van der Waals surface area (Å²) in [6.07, 6.45) is 5.80. The highest BCUT2D eigenvalue weighted by molar-refractivity contribution is 7.89. The number of nitrogens with one attached hydrogen (secondary N) is 1. The molecule has 1 aliphatic rings. The molecule has 1 aromatic heterocycles. The Labute approximate surface area is 114 Å². The topological polar surface area (TPSA) is 69.3 Å². The smallest absolute Gasteiger partial charge is 0.260 e. The molecule has 0 aromatic carbocycles. The molecule has 1 saturated heterocycles. The average Bonchev–Trinajstić information content (AvgIpc) is 2.91. The third kappa shape index (κ3) is 3.55. The second-order valence-electron chi connectivity index (χ2n) is 5.36. The molecule has 0 bridgehead atoms. The molecule has 0 radical (unpaired) electrons. The van der Waals surface area contributed by atoms with Crippen molar-refractivity contribution in [3.63, 3.8) is 0 Å². The normalized spacial score (nSPS) is 19.1. The molecule has 0 atom stereocenters. The van der Waals surface area contributed by atoms with Crippen molar-refractivity contribution in [2.24, 2.45) is 5.92 Å². The lowest BCUT2D eigenvalue weighted by Gasteiger charge is -2.31. The maximum atomic E-state index is 12.3. The van der Waals surface area contributed by atoms with Crippen LogP contribution in [0.4, 0.5) is 0 Å². The first-order valence-electron chi connectivity index (χ1n) is 6.63. The SMILES string of the molecule is CN(C)CCC1CCN(S(=O)(=O)c2cnc[nH]2)CC1. The second-order valence-corrected chi connectivity index (χ2v) is 7.26. The zero-order valence-electron chi connectivity index (χ0n) is 11.5. The van der Waals surface area contributed by atoms with Gasteiger partial charge in [0.2, 0.25) is 0 Å². The first-order chi connectivity index (χ1) is 9.00. The highest BCUT2D eigenvalue weighted by Crippen LogP contribution is 2.24. The van der Waals surface area contributed by atoms with E-state index in [4.69, 9.17) is 0 Å². The molecule has 2 heterocycles. The van der Waals surface area contributed by atoms with Gasteiger partial charge in [0.15, 0.2) is 5.03 Å². The average molecular weight is 286 g/mol. The van der Waals surface area contributed by atoms with Crippen molar-refractivity contribution in [2.45, 2.75) is 24.3 Å². The molecule has 7 heteroatoms. The molecule has 6 nitrogen and oxygen atoms in total. The number of hydrogen-bond donors (Lipinski definition) is 1. The van der Waals surface area contributed by atoms with Gasteiger partial charge in [0.05, 0.1) is 12.5 Å². The number of hydrogen-bond acceptors (Lipinski definition) is 4. The molecule has 1 aliphatic heterocycles. The van der Waals surface area contributed by atoms with Gasteiger partial charge in [-0.1, -0.05) is 0 Å². The van der Waals surface area contributed by atoms with Crippen LogP contribution in [0.15, 0.2) is 17.6 Å². The van der Waals surface area contributed by atoms with Gasteiger partial charge in [-0.2, -0.15) is 4.31 Å². The summed E-state index contributed by atoms with van der Waals surface area (Å²) < 4.78 is 26.1. The van der Waals surface area contributed by atoms with Crippen LogP contribution in [0.2, 0.25) is 0 Å². The minimum atomic E-state index is -3.37. The molecule has 1 N–H and O–H groups in total. The summed E-state index contributed by atoms with van der Waals surface area (Å²) in [6.45, 7) is 2.29. The minimum Gasteiger partial charge on any atom is -0.335 e. The molecule has 0 unspecified atom stereocenters. The van der Waals surface area contributed by atoms with Crippen molar-refractivity contribution < 1.29 is 8.42 Å². The Kier molecular flexibility index (Phi) is 4.59. The summed E-state index contributed by atoms with van der Waals surface area (Å²) >= 11 is 0. The Morgan fingerprint density at radius 3 is 2.63 bits per heavy atom. The van der Waals surface area contributed by atoms with Crippen LogP contribution in [0.25, 0.3) is 0 Å². The maximum absolute atomic E-state index is 12.3. The Morgan fingerprint density at radius 1 is 1.42 bits per heavy atom.